The van der Waals surface area contributed by atoms with Crippen molar-refractivity contribution < 1.29 is 13.2 Å². The third-order valence-corrected chi connectivity index (χ3v) is 5.19. The van der Waals surface area contributed by atoms with Crippen LogP contribution in [0.15, 0.2) is 39.9 Å². The van der Waals surface area contributed by atoms with Gasteiger partial charge in [-0.3, -0.25) is 4.79 Å². The van der Waals surface area contributed by atoms with Crippen molar-refractivity contribution in [2.45, 2.75) is 30.6 Å². The van der Waals surface area contributed by atoms with Gasteiger partial charge in [-0.2, -0.15) is 8.42 Å². The minimum Gasteiger partial charge on any atom is -0.368 e. The number of nitrogens with one attached hydrogen (secondary N) is 1. The average Bonchev–Trinajstić information content (AvgIpc) is 3.45. The second kappa shape index (κ2) is 7.43. The topological polar surface area (TPSA) is 105 Å². The number of sulfonamides is 1. The summed E-state index contributed by atoms with van der Waals surface area (Å²) in [5, 5.41) is 2.60. The fourth-order valence-electron chi connectivity index (χ4n) is 2.50. The summed E-state index contributed by atoms with van der Waals surface area (Å²) in [6.45, 7) is 1.36. The van der Waals surface area contributed by atoms with E-state index in [1.165, 1.54) is 24.2 Å². The van der Waals surface area contributed by atoms with Crippen LogP contribution >= 0.6 is 0 Å². The van der Waals surface area contributed by atoms with Crippen LogP contribution in [0.1, 0.15) is 31.5 Å². The molecule has 1 aliphatic carbocycles. The van der Waals surface area contributed by atoms with E-state index in [1.807, 2.05) is 0 Å². The largest absolute Gasteiger partial charge is 0.368 e. The van der Waals surface area contributed by atoms with Crippen LogP contribution in [0.2, 0.25) is 0 Å². The predicted octanol–water partition coefficient (Wildman–Crippen LogP) is 2.26. The molecule has 1 N–H and O–H groups in total. The first-order chi connectivity index (χ1) is 12.8. The Balaban J connectivity index is 2.07. The van der Waals surface area contributed by atoms with E-state index in [1.54, 1.807) is 38.6 Å². The van der Waals surface area contributed by atoms with Gasteiger partial charge in [-0.05, 0) is 25.0 Å². The molecule has 1 aliphatic rings. The first-order valence-electron chi connectivity index (χ1n) is 8.47. The number of benzene rings is 1. The Hall–Kier alpha value is -2.81. The van der Waals surface area contributed by atoms with Crippen LogP contribution in [0.25, 0.3) is 11.1 Å². The number of carbonyl (C=O) groups is 1. The maximum absolute atomic E-state index is 12.8. The minimum atomic E-state index is -3.99. The summed E-state index contributed by atoms with van der Waals surface area (Å²) in [7, 11) is -0.628. The van der Waals surface area contributed by atoms with E-state index in [-0.39, 0.29) is 10.8 Å². The highest BCUT2D eigenvalue weighted by atomic mass is 32.2. The van der Waals surface area contributed by atoms with Crippen molar-refractivity contribution in [2.75, 3.05) is 19.4 Å². The Morgan fingerprint density at radius 1 is 1.26 bits per heavy atom. The van der Waals surface area contributed by atoms with Crippen LogP contribution in [-0.2, 0) is 14.8 Å². The lowest BCUT2D eigenvalue weighted by molar-refractivity contribution is -0.114. The number of aromatic nitrogens is 2. The van der Waals surface area contributed by atoms with Crippen LogP contribution in [0, 0.1) is 0 Å². The zero-order valence-corrected chi connectivity index (χ0v) is 16.2. The quantitative estimate of drug-likeness (QED) is 0.602. The van der Waals surface area contributed by atoms with Crippen molar-refractivity contribution in [2.24, 2.45) is 4.40 Å². The molecular formula is C18H21N5O3S. The number of amides is 1. The molecule has 1 fully saturated rings. The normalized spacial score (nSPS) is 14.3. The Kier molecular flexibility index (Phi) is 5.22. The van der Waals surface area contributed by atoms with E-state index in [9.17, 15) is 13.2 Å². The summed E-state index contributed by atoms with van der Waals surface area (Å²) in [6, 6.07) is 4.66. The molecule has 0 radical (unpaired) electrons. The van der Waals surface area contributed by atoms with Gasteiger partial charge in [0.1, 0.15) is 12.2 Å². The van der Waals surface area contributed by atoms with E-state index in [4.69, 9.17) is 0 Å². The van der Waals surface area contributed by atoms with Crippen LogP contribution in [0.3, 0.4) is 0 Å². The monoisotopic (exact) mass is 387 g/mol. The van der Waals surface area contributed by atoms with Crippen LogP contribution in [-0.4, -0.2) is 49.6 Å². The molecule has 1 amide bonds. The molecule has 1 aromatic carbocycles. The molecule has 142 valence electrons. The Bertz CT molecular complexity index is 981. The number of nitrogens with zero attached hydrogens (tertiary/aromatic N) is 4. The second-order valence-electron chi connectivity index (χ2n) is 6.66. The lowest BCUT2D eigenvalue weighted by Gasteiger charge is -2.11. The fourth-order valence-corrected chi connectivity index (χ4v) is 3.66. The molecule has 8 nitrogen and oxygen atoms in total. The third kappa shape index (κ3) is 4.68. The Labute approximate surface area is 158 Å². The van der Waals surface area contributed by atoms with E-state index in [0.717, 1.165) is 18.7 Å². The molecule has 2 aromatic rings. The highest BCUT2D eigenvalue weighted by molar-refractivity contribution is 7.90. The van der Waals surface area contributed by atoms with Gasteiger partial charge in [0.2, 0.25) is 5.91 Å². The lowest BCUT2D eigenvalue weighted by atomic mass is 10.1. The van der Waals surface area contributed by atoms with Crippen LogP contribution in [0.5, 0.6) is 0 Å². The smallest absolute Gasteiger partial charge is 0.284 e. The molecule has 0 spiro atoms. The Morgan fingerprint density at radius 3 is 2.48 bits per heavy atom. The van der Waals surface area contributed by atoms with Gasteiger partial charge in [-0.1, -0.05) is 6.07 Å². The third-order valence-electron chi connectivity index (χ3n) is 3.92. The average molecular weight is 387 g/mol. The van der Waals surface area contributed by atoms with Crippen molar-refractivity contribution in [3.63, 3.8) is 0 Å². The SMILES string of the molecule is CC(=O)Nc1ccc(-c2cnc(C3CC3)nc2)c(S(=O)(=O)N=CN(C)C)c1. The van der Waals surface area contributed by atoms with Gasteiger partial charge in [0, 0.05) is 56.1 Å². The van der Waals surface area contributed by atoms with Gasteiger partial charge in [-0.25, -0.2) is 9.97 Å². The molecule has 0 aliphatic heterocycles. The van der Waals surface area contributed by atoms with Crippen molar-refractivity contribution in [1.29, 1.82) is 0 Å². The molecule has 1 heterocycles. The summed E-state index contributed by atoms with van der Waals surface area (Å²) in [5.74, 6) is 0.901. The van der Waals surface area contributed by atoms with Gasteiger partial charge >= 0.3 is 0 Å². The molecule has 3 rings (SSSR count). The summed E-state index contributed by atoms with van der Waals surface area (Å²) in [5.41, 5.74) is 1.38. The molecule has 0 atom stereocenters. The van der Waals surface area contributed by atoms with Gasteiger partial charge in [0.25, 0.3) is 10.0 Å². The van der Waals surface area contributed by atoms with E-state index in [0.29, 0.717) is 22.7 Å². The standard InChI is InChI=1S/C18H21N5O3S/c1-12(24)22-15-6-7-16(14-9-19-18(20-10-14)13-4-5-13)17(8-15)27(25,26)21-11-23(2)3/h6-11,13H,4-5H2,1-3H3,(H,22,24). The molecule has 0 unspecified atom stereocenters. The van der Waals surface area contributed by atoms with Gasteiger partial charge in [0.15, 0.2) is 0 Å². The van der Waals surface area contributed by atoms with Crippen molar-refractivity contribution >= 4 is 28.0 Å². The Morgan fingerprint density at radius 2 is 1.93 bits per heavy atom. The first kappa shape index (κ1) is 19.0. The molecule has 1 aromatic heterocycles. The highest BCUT2D eigenvalue weighted by Crippen LogP contribution is 2.38. The van der Waals surface area contributed by atoms with Crippen molar-refractivity contribution in [3.8, 4) is 11.1 Å². The summed E-state index contributed by atoms with van der Waals surface area (Å²) in [4.78, 5) is 21.6. The van der Waals surface area contributed by atoms with E-state index >= 15 is 0 Å². The predicted molar refractivity (Wildman–Crippen MR) is 103 cm³/mol. The van der Waals surface area contributed by atoms with Crippen LogP contribution in [0.4, 0.5) is 5.69 Å². The zero-order chi connectivity index (χ0) is 19.6. The number of hydrogen-bond acceptors (Lipinski definition) is 5. The van der Waals surface area contributed by atoms with Gasteiger partial charge in [-0.15, -0.1) is 4.40 Å². The van der Waals surface area contributed by atoms with Gasteiger partial charge in [0.05, 0.1) is 4.90 Å². The lowest BCUT2D eigenvalue weighted by Crippen LogP contribution is -2.11. The molecule has 1 saturated carbocycles. The second-order valence-corrected chi connectivity index (χ2v) is 8.26. The van der Waals surface area contributed by atoms with E-state index < -0.39 is 10.0 Å². The number of rotatable bonds is 6. The maximum Gasteiger partial charge on any atom is 0.284 e. The molecule has 0 saturated heterocycles. The minimum absolute atomic E-state index is 0.0189. The molecule has 0 bridgehead atoms. The molecule has 9 heteroatoms. The highest BCUT2D eigenvalue weighted by Gasteiger charge is 2.26. The maximum atomic E-state index is 12.8. The van der Waals surface area contributed by atoms with Crippen LogP contribution < -0.4 is 5.32 Å². The zero-order valence-electron chi connectivity index (χ0n) is 15.4. The van der Waals surface area contributed by atoms with E-state index in [2.05, 4.69) is 19.7 Å². The fraction of sp³-hybridized carbons (Fsp3) is 0.333. The molecule has 27 heavy (non-hydrogen) atoms. The van der Waals surface area contributed by atoms with Gasteiger partial charge < -0.3 is 10.2 Å². The summed E-state index contributed by atoms with van der Waals surface area (Å²) < 4.78 is 29.3. The van der Waals surface area contributed by atoms with Crippen molar-refractivity contribution in [3.05, 3.63) is 36.4 Å². The number of carbonyl (C=O) groups excluding carboxylic acids is 1. The number of hydrogen-bond donors (Lipinski definition) is 1. The summed E-state index contributed by atoms with van der Waals surface area (Å²) >= 11 is 0. The number of anilines is 1. The van der Waals surface area contributed by atoms with Crippen molar-refractivity contribution in [1.82, 2.24) is 14.9 Å². The first-order valence-corrected chi connectivity index (χ1v) is 9.91. The summed E-state index contributed by atoms with van der Waals surface area (Å²) in [6.07, 6.45) is 6.65. The molecular weight excluding hydrogens is 366 g/mol.